The van der Waals surface area contributed by atoms with Gasteiger partial charge in [-0.1, -0.05) is 57.2 Å². The first kappa shape index (κ1) is 19.2. The SMILES string of the molecule is CC(Sc1nn(-c2ccccc2)c(=S)s1)C(=O)Nc1ccc(Br)cc1F. The zero-order chi connectivity index (χ0) is 18.7. The molecule has 1 N–H and O–H groups in total. The molecule has 134 valence electrons. The molecule has 1 unspecified atom stereocenters. The van der Waals surface area contributed by atoms with E-state index in [9.17, 15) is 9.18 Å². The summed E-state index contributed by atoms with van der Waals surface area (Å²) in [4.78, 5) is 12.3. The molecule has 26 heavy (non-hydrogen) atoms. The van der Waals surface area contributed by atoms with Gasteiger partial charge in [0.2, 0.25) is 5.91 Å². The number of amides is 1. The zero-order valence-electron chi connectivity index (χ0n) is 13.5. The molecule has 1 amide bonds. The van der Waals surface area contributed by atoms with Gasteiger partial charge in [-0.05, 0) is 49.5 Å². The van der Waals surface area contributed by atoms with Gasteiger partial charge >= 0.3 is 0 Å². The number of nitrogens with one attached hydrogen (secondary N) is 1. The highest BCUT2D eigenvalue weighted by molar-refractivity contribution is 9.10. The number of nitrogens with zero attached hydrogens (tertiary/aromatic N) is 2. The van der Waals surface area contributed by atoms with Gasteiger partial charge in [-0.15, -0.1) is 5.10 Å². The Kier molecular flexibility index (Phi) is 6.23. The molecule has 0 bridgehead atoms. The molecule has 2 aromatic carbocycles. The molecule has 3 rings (SSSR count). The standard InChI is InChI=1S/C17H13BrFN3OS3/c1-10(15(23)20-14-8-7-11(18)9-13(14)19)25-16-21-22(17(24)26-16)12-5-3-2-4-6-12/h2-10H,1H3,(H,20,23). The van der Waals surface area contributed by atoms with E-state index in [0.717, 1.165) is 5.69 Å². The topological polar surface area (TPSA) is 46.9 Å². The first-order valence-electron chi connectivity index (χ1n) is 7.52. The molecule has 0 fully saturated rings. The van der Waals surface area contributed by atoms with Gasteiger partial charge in [0.15, 0.2) is 8.29 Å². The van der Waals surface area contributed by atoms with Crippen molar-refractivity contribution in [3.8, 4) is 5.69 Å². The van der Waals surface area contributed by atoms with Crippen molar-refractivity contribution < 1.29 is 9.18 Å². The molecule has 1 atom stereocenters. The van der Waals surface area contributed by atoms with Gasteiger partial charge in [0.25, 0.3) is 0 Å². The summed E-state index contributed by atoms with van der Waals surface area (Å²) in [5, 5.41) is 6.62. The van der Waals surface area contributed by atoms with Crippen molar-refractivity contribution in [2.75, 3.05) is 5.32 Å². The molecule has 0 radical (unpaired) electrons. The maximum absolute atomic E-state index is 13.9. The van der Waals surface area contributed by atoms with Crippen molar-refractivity contribution in [2.45, 2.75) is 16.5 Å². The Balaban J connectivity index is 1.71. The quantitative estimate of drug-likeness (QED) is 0.385. The van der Waals surface area contributed by atoms with Crippen LogP contribution < -0.4 is 5.32 Å². The maximum atomic E-state index is 13.9. The third kappa shape index (κ3) is 4.59. The molecule has 0 saturated heterocycles. The summed E-state index contributed by atoms with van der Waals surface area (Å²) >= 11 is 11.2. The van der Waals surface area contributed by atoms with Crippen molar-refractivity contribution in [3.05, 3.63) is 62.8 Å². The van der Waals surface area contributed by atoms with E-state index >= 15 is 0 Å². The van der Waals surface area contributed by atoms with Crippen LogP contribution in [0.2, 0.25) is 0 Å². The number of hydrogen-bond donors (Lipinski definition) is 1. The summed E-state index contributed by atoms with van der Waals surface area (Å²) in [6.07, 6.45) is 0. The number of hydrogen-bond acceptors (Lipinski definition) is 5. The van der Waals surface area contributed by atoms with Crippen LogP contribution in [0, 0.1) is 9.77 Å². The third-order valence-electron chi connectivity index (χ3n) is 3.37. The Bertz CT molecular complexity index is 990. The fraction of sp³-hybridized carbons (Fsp3) is 0.118. The highest BCUT2D eigenvalue weighted by Gasteiger charge is 2.19. The van der Waals surface area contributed by atoms with Crippen molar-refractivity contribution >= 4 is 62.8 Å². The molecule has 0 aliphatic rings. The van der Waals surface area contributed by atoms with Gasteiger partial charge in [-0.25, -0.2) is 9.07 Å². The second-order valence-electron chi connectivity index (χ2n) is 5.25. The number of anilines is 1. The molecule has 1 aromatic heterocycles. The van der Waals surface area contributed by atoms with E-state index < -0.39 is 11.1 Å². The van der Waals surface area contributed by atoms with E-state index in [1.165, 1.54) is 35.2 Å². The fourth-order valence-corrected chi connectivity index (χ4v) is 4.91. The monoisotopic (exact) mass is 469 g/mol. The van der Waals surface area contributed by atoms with Crippen LogP contribution >= 0.6 is 51.2 Å². The lowest BCUT2D eigenvalue weighted by molar-refractivity contribution is -0.115. The molecule has 0 aliphatic carbocycles. The largest absolute Gasteiger partial charge is 0.323 e. The Morgan fingerprint density at radius 2 is 2.08 bits per heavy atom. The first-order valence-corrected chi connectivity index (χ1v) is 10.4. The Labute approximate surface area is 171 Å². The zero-order valence-corrected chi connectivity index (χ0v) is 17.5. The Morgan fingerprint density at radius 1 is 1.35 bits per heavy atom. The Morgan fingerprint density at radius 3 is 2.77 bits per heavy atom. The number of aromatic nitrogens is 2. The van der Waals surface area contributed by atoms with Crippen molar-refractivity contribution in [3.63, 3.8) is 0 Å². The van der Waals surface area contributed by atoms with Crippen molar-refractivity contribution in [1.29, 1.82) is 0 Å². The summed E-state index contributed by atoms with van der Waals surface area (Å²) in [6, 6.07) is 14.1. The molecule has 0 spiro atoms. The normalized spacial score (nSPS) is 12.0. The number of benzene rings is 2. The van der Waals surface area contributed by atoms with Crippen LogP contribution in [0.15, 0.2) is 57.3 Å². The molecule has 4 nitrogen and oxygen atoms in total. The lowest BCUT2D eigenvalue weighted by atomic mass is 10.3. The van der Waals surface area contributed by atoms with Gasteiger partial charge < -0.3 is 5.32 Å². The van der Waals surface area contributed by atoms with Crippen LogP contribution in [0.4, 0.5) is 10.1 Å². The average Bonchev–Trinajstić information content (AvgIpc) is 2.98. The summed E-state index contributed by atoms with van der Waals surface area (Å²) in [5.74, 6) is -0.794. The predicted octanol–water partition coefficient (Wildman–Crippen LogP) is 5.68. The van der Waals surface area contributed by atoms with Gasteiger partial charge in [-0.2, -0.15) is 0 Å². The minimum absolute atomic E-state index is 0.146. The number of carbonyl (C=O) groups excluding carboxylic acids is 1. The van der Waals surface area contributed by atoms with Crippen LogP contribution in [0.1, 0.15) is 6.92 Å². The predicted molar refractivity (Wildman–Crippen MR) is 110 cm³/mol. The second kappa shape index (κ2) is 8.43. The second-order valence-corrected chi connectivity index (χ2v) is 9.38. The first-order chi connectivity index (χ1) is 12.4. The van der Waals surface area contributed by atoms with Gasteiger partial charge in [-0.3, -0.25) is 4.79 Å². The van der Waals surface area contributed by atoms with E-state index in [0.29, 0.717) is 12.8 Å². The van der Waals surface area contributed by atoms with Crippen LogP contribution in [-0.2, 0) is 4.79 Å². The molecule has 0 aliphatic heterocycles. The smallest absolute Gasteiger partial charge is 0.237 e. The van der Waals surface area contributed by atoms with E-state index in [4.69, 9.17) is 12.2 Å². The number of carbonyl (C=O) groups is 1. The van der Waals surface area contributed by atoms with Crippen LogP contribution in [0.25, 0.3) is 5.69 Å². The molecular weight excluding hydrogens is 457 g/mol. The maximum Gasteiger partial charge on any atom is 0.237 e. The lowest BCUT2D eigenvalue weighted by Gasteiger charge is -2.11. The van der Waals surface area contributed by atoms with Crippen molar-refractivity contribution in [1.82, 2.24) is 9.78 Å². The van der Waals surface area contributed by atoms with Gasteiger partial charge in [0.05, 0.1) is 16.6 Å². The van der Waals surface area contributed by atoms with Crippen LogP contribution in [0.5, 0.6) is 0 Å². The molecule has 1 heterocycles. The van der Waals surface area contributed by atoms with Crippen molar-refractivity contribution in [2.24, 2.45) is 0 Å². The molecular formula is C17H13BrFN3OS3. The third-order valence-corrected chi connectivity index (χ3v) is 6.28. The summed E-state index contributed by atoms with van der Waals surface area (Å²) in [6.45, 7) is 1.74. The van der Waals surface area contributed by atoms with Crippen LogP contribution in [-0.4, -0.2) is 20.9 Å². The van der Waals surface area contributed by atoms with Crippen LogP contribution in [0.3, 0.4) is 0 Å². The summed E-state index contributed by atoms with van der Waals surface area (Å²) in [7, 11) is 0. The highest BCUT2D eigenvalue weighted by atomic mass is 79.9. The van der Waals surface area contributed by atoms with Gasteiger partial charge in [0, 0.05) is 4.47 Å². The average molecular weight is 470 g/mol. The van der Waals surface area contributed by atoms with E-state index in [-0.39, 0.29) is 11.6 Å². The van der Waals surface area contributed by atoms with Gasteiger partial charge in [0.1, 0.15) is 5.82 Å². The molecule has 3 aromatic rings. The summed E-state index contributed by atoms with van der Waals surface area (Å²) < 4.78 is 17.4. The number of para-hydroxylation sites is 1. The minimum Gasteiger partial charge on any atom is -0.323 e. The fourth-order valence-electron chi connectivity index (χ4n) is 2.07. The summed E-state index contributed by atoms with van der Waals surface area (Å²) in [5.41, 5.74) is 1.02. The number of thioether (sulfide) groups is 1. The highest BCUT2D eigenvalue weighted by Crippen LogP contribution is 2.29. The van der Waals surface area contributed by atoms with E-state index in [2.05, 4.69) is 26.3 Å². The minimum atomic E-state index is -0.492. The Hall–Kier alpha value is -1.55. The molecule has 9 heteroatoms. The lowest BCUT2D eigenvalue weighted by Crippen LogP contribution is -2.23. The molecule has 0 saturated carbocycles. The van der Waals surface area contributed by atoms with E-state index in [1.807, 2.05) is 30.3 Å². The number of halogens is 2. The van der Waals surface area contributed by atoms with E-state index in [1.54, 1.807) is 17.7 Å². The number of rotatable bonds is 5.